The number of hydrogen-bond donors (Lipinski definition) is 1. The fourth-order valence-corrected chi connectivity index (χ4v) is 2.98. The van der Waals surface area contributed by atoms with Gasteiger partial charge < -0.3 is 5.73 Å². The minimum absolute atomic E-state index is 0.212. The Balaban J connectivity index is 2.80. The standard InChI is InChI=1S/C13H22N2S/c1-5-11(14)12(13(2,3)4)16-10-6-8-15-9-7-10/h6-9,11-12H,5,14H2,1-4H3. The molecule has 0 saturated heterocycles. The zero-order chi connectivity index (χ0) is 12.2. The van der Waals surface area contributed by atoms with Gasteiger partial charge in [-0.15, -0.1) is 11.8 Å². The molecule has 0 amide bonds. The van der Waals surface area contributed by atoms with E-state index in [1.807, 2.05) is 36.3 Å². The van der Waals surface area contributed by atoms with Crippen LogP contribution in [-0.2, 0) is 0 Å². The molecule has 1 aromatic heterocycles. The predicted octanol–water partition coefficient (Wildman–Crippen LogP) is 3.33. The number of aromatic nitrogens is 1. The third-order valence-electron chi connectivity index (χ3n) is 2.63. The lowest BCUT2D eigenvalue weighted by Crippen LogP contribution is -2.40. The second-order valence-electron chi connectivity index (χ2n) is 5.16. The molecule has 0 fully saturated rings. The van der Waals surface area contributed by atoms with Gasteiger partial charge >= 0.3 is 0 Å². The fraction of sp³-hybridized carbons (Fsp3) is 0.615. The van der Waals surface area contributed by atoms with Crippen LogP contribution in [0.15, 0.2) is 29.4 Å². The van der Waals surface area contributed by atoms with E-state index in [0.29, 0.717) is 5.25 Å². The minimum atomic E-state index is 0.212. The van der Waals surface area contributed by atoms with E-state index < -0.39 is 0 Å². The lowest BCUT2D eigenvalue weighted by Gasteiger charge is -2.34. The molecule has 0 aliphatic rings. The lowest BCUT2D eigenvalue weighted by atomic mass is 9.87. The molecular formula is C13H22N2S. The van der Waals surface area contributed by atoms with Gasteiger partial charge in [0.2, 0.25) is 0 Å². The van der Waals surface area contributed by atoms with Crippen LogP contribution in [0.25, 0.3) is 0 Å². The third-order valence-corrected chi connectivity index (χ3v) is 4.48. The van der Waals surface area contributed by atoms with E-state index in [4.69, 9.17) is 5.73 Å². The van der Waals surface area contributed by atoms with Crippen LogP contribution in [0.4, 0.5) is 0 Å². The molecular weight excluding hydrogens is 216 g/mol. The van der Waals surface area contributed by atoms with Crippen molar-refractivity contribution in [1.82, 2.24) is 4.98 Å². The van der Waals surface area contributed by atoms with E-state index in [2.05, 4.69) is 32.7 Å². The third kappa shape index (κ3) is 3.80. The van der Waals surface area contributed by atoms with Crippen molar-refractivity contribution >= 4 is 11.8 Å². The highest BCUT2D eigenvalue weighted by Gasteiger charge is 2.30. The van der Waals surface area contributed by atoms with Crippen molar-refractivity contribution in [2.75, 3.05) is 0 Å². The van der Waals surface area contributed by atoms with E-state index >= 15 is 0 Å². The van der Waals surface area contributed by atoms with Crippen molar-refractivity contribution in [3.63, 3.8) is 0 Å². The number of nitrogens with two attached hydrogens (primary N) is 1. The van der Waals surface area contributed by atoms with Crippen LogP contribution in [0.1, 0.15) is 34.1 Å². The molecule has 0 bridgehead atoms. The Morgan fingerprint density at radius 1 is 1.31 bits per heavy atom. The summed E-state index contributed by atoms with van der Waals surface area (Å²) >= 11 is 1.86. The summed E-state index contributed by atoms with van der Waals surface area (Å²) in [6, 6.07) is 4.33. The zero-order valence-electron chi connectivity index (χ0n) is 10.6. The van der Waals surface area contributed by atoms with Crippen LogP contribution in [0.5, 0.6) is 0 Å². The van der Waals surface area contributed by atoms with Crippen molar-refractivity contribution in [3.05, 3.63) is 24.5 Å². The molecule has 16 heavy (non-hydrogen) atoms. The summed E-state index contributed by atoms with van der Waals surface area (Å²) in [6.45, 7) is 8.90. The Hall–Kier alpha value is -0.540. The summed E-state index contributed by atoms with van der Waals surface area (Å²) in [5.41, 5.74) is 6.43. The minimum Gasteiger partial charge on any atom is -0.327 e. The number of thioether (sulfide) groups is 1. The Labute approximate surface area is 103 Å². The number of hydrogen-bond acceptors (Lipinski definition) is 3. The highest BCUT2D eigenvalue weighted by molar-refractivity contribution is 8.00. The molecule has 0 aromatic carbocycles. The number of pyridine rings is 1. The monoisotopic (exact) mass is 238 g/mol. The van der Waals surface area contributed by atoms with Gasteiger partial charge in [0, 0.05) is 28.6 Å². The Morgan fingerprint density at radius 2 is 1.88 bits per heavy atom. The average molecular weight is 238 g/mol. The largest absolute Gasteiger partial charge is 0.327 e. The van der Waals surface area contributed by atoms with Crippen LogP contribution in [-0.4, -0.2) is 16.3 Å². The second kappa shape index (κ2) is 5.69. The summed E-state index contributed by atoms with van der Waals surface area (Å²) in [5.74, 6) is 0. The summed E-state index contributed by atoms with van der Waals surface area (Å²) in [5, 5.41) is 0.430. The quantitative estimate of drug-likeness (QED) is 0.818. The first kappa shape index (κ1) is 13.5. The van der Waals surface area contributed by atoms with Crippen molar-refractivity contribution in [2.45, 2.75) is 50.3 Å². The van der Waals surface area contributed by atoms with E-state index in [1.54, 1.807) is 0 Å². The normalized spacial score (nSPS) is 15.8. The second-order valence-corrected chi connectivity index (χ2v) is 6.37. The maximum Gasteiger partial charge on any atom is 0.0294 e. The van der Waals surface area contributed by atoms with Crippen molar-refractivity contribution < 1.29 is 0 Å². The van der Waals surface area contributed by atoms with E-state index in [1.165, 1.54) is 4.90 Å². The van der Waals surface area contributed by atoms with Gasteiger partial charge in [0.25, 0.3) is 0 Å². The first-order chi connectivity index (χ1) is 7.45. The van der Waals surface area contributed by atoms with Crippen LogP contribution >= 0.6 is 11.8 Å². The van der Waals surface area contributed by atoms with E-state index in [0.717, 1.165) is 6.42 Å². The maximum atomic E-state index is 6.21. The van der Waals surface area contributed by atoms with Crippen molar-refractivity contribution in [2.24, 2.45) is 11.1 Å². The molecule has 1 rings (SSSR count). The van der Waals surface area contributed by atoms with Gasteiger partial charge in [-0.05, 0) is 24.0 Å². The highest BCUT2D eigenvalue weighted by atomic mass is 32.2. The highest BCUT2D eigenvalue weighted by Crippen LogP contribution is 2.37. The average Bonchev–Trinajstić information content (AvgIpc) is 2.25. The summed E-state index contributed by atoms with van der Waals surface area (Å²) in [6.07, 6.45) is 4.68. The molecule has 1 aromatic rings. The maximum absolute atomic E-state index is 6.21. The smallest absolute Gasteiger partial charge is 0.0294 e. The van der Waals surface area contributed by atoms with Crippen LogP contribution < -0.4 is 5.73 Å². The van der Waals surface area contributed by atoms with Crippen LogP contribution in [0, 0.1) is 5.41 Å². The van der Waals surface area contributed by atoms with Gasteiger partial charge in [-0.25, -0.2) is 0 Å². The molecule has 2 N–H and O–H groups in total. The van der Waals surface area contributed by atoms with Crippen LogP contribution in [0.3, 0.4) is 0 Å². The molecule has 90 valence electrons. The van der Waals surface area contributed by atoms with Crippen LogP contribution in [0.2, 0.25) is 0 Å². The molecule has 2 unspecified atom stereocenters. The SMILES string of the molecule is CCC(N)C(Sc1ccncc1)C(C)(C)C. The fourth-order valence-electron chi connectivity index (χ4n) is 1.68. The van der Waals surface area contributed by atoms with Gasteiger partial charge in [-0.3, -0.25) is 4.98 Å². The Morgan fingerprint density at radius 3 is 2.31 bits per heavy atom. The van der Waals surface area contributed by atoms with Gasteiger partial charge in [-0.1, -0.05) is 27.7 Å². The van der Waals surface area contributed by atoms with Gasteiger partial charge in [-0.2, -0.15) is 0 Å². The number of rotatable bonds is 4. The predicted molar refractivity (Wildman–Crippen MR) is 71.6 cm³/mol. The first-order valence-corrected chi connectivity index (χ1v) is 6.65. The zero-order valence-corrected chi connectivity index (χ0v) is 11.4. The Bertz CT molecular complexity index is 305. The molecule has 2 nitrogen and oxygen atoms in total. The number of nitrogens with zero attached hydrogens (tertiary/aromatic N) is 1. The molecule has 3 heteroatoms. The summed E-state index contributed by atoms with van der Waals surface area (Å²) in [7, 11) is 0. The van der Waals surface area contributed by atoms with E-state index in [-0.39, 0.29) is 11.5 Å². The molecule has 0 saturated carbocycles. The van der Waals surface area contributed by atoms with Crippen molar-refractivity contribution in [3.8, 4) is 0 Å². The van der Waals surface area contributed by atoms with Crippen molar-refractivity contribution in [1.29, 1.82) is 0 Å². The van der Waals surface area contributed by atoms with Gasteiger partial charge in [0.1, 0.15) is 0 Å². The molecule has 0 aliphatic carbocycles. The summed E-state index contributed by atoms with van der Waals surface area (Å²) < 4.78 is 0. The first-order valence-electron chi connectivity index (χ1n) is 5.77. The van der Waals surface area contributed by atoms with Gasteiger partial charge in [0.15, 0.2) is 0 Å². The molecule has 0 aliphatic heterocycles. The Kier molecular flexibility index (Phi) is 4.81. The molecule has 1 heterocycles. The van der Waals surface area contributed by atoms with Gasteiger partial charge in [0.05, 0.1) is 0 Å². The topological polar surface area (TPSA) is 38.9 Å². The summed E-state index contributed by atoms with van der Waals surface area (Å²) in [4.78, 5) is 5.28. The molecule has 0 spiro atoms. The van der Waals surface area contributed by atoms with E-state index in [9.17, 15) is 0 Å². The molecule has 0 radical (unpaired) electrons. The molecule has 2 atom stereocenters. The lowest BCUT2D eigenvalue weighted by molar-refractivity contribution is 0.350.